The van der Waals surface area contributed by atoms with E-state index in [2.05, 4.69) is 6.07 Å². The van der Waals surface area contributed by atoms with Crippen molar-refractivity contribution in [2.45, 2.75) is 0 Å². The maximum Gasteiger partial charge on any atom is 0.306 e. The molecule has 3 rings (SSSR count). The number of hydrogen-bond acceptors (Lipinski definition) is 3. The highest BCUT2D eigenvalue weighted by Gasteiger charge is 2.06. The van der Waals surface area contributed by atoms with Crippen LogP contribution in [0.3, 0.4) is 0 Å². The lowest BCUT2D eigenvalue weighted by Gasteiger charge is -2.07. The molecule has 0 aromatic heterocycles. The first-order valence-electron chi connectivity index (χ1n) is 5.84. The Bertz CT molecular complexity index is 867. The van der Waals surface area contributed by atoms with Gasteiger partial charge in [-0.15, -0.1) is 0 Å². The monoisotopic (exact) mass is 272 g/mol. The molecule has 3 aromatic carbocycles. The fourth-order valence-corrected chi connectivity index (χ4v) is 2.66. The lowest BCUT2D eigenvalue weighted by Crippen LogP contribution is -2.05. The fraction of sp³-hybridized carbons (Fsp3) is 0.0667. The number of rotatable bonds is 2. The lowest BCUT2D eigenvalue weighted by molar-refractivity contribution is 0.493. The minimum Gasteiger partial charge on any atom is -0.383 e. The summed E-state index contributed by atoms with van der Waals surface area (Å²) in [4.78, 5) is 0. The van der Waals surface area contributed by atoms with Crippen molar-refractivity contribution in [2.24, 2.45) is 0 Å². The van der Waals surface area contributed by atoms with Crippen LogP contribution >= 0.6 is 0 Å². The highest BCUT2D eigenvalue weighted by Crippen LogP contribution is 2.28. The van der Waals surface area contributed by atoms with Gasteiger partial charge in [0.2, 0.25) is 0 Å². The molecule has 0 bridgehead atoms. The molecule has 0 atom stereocenters. The molecule has 0 aliphatic heterocycles. The van der Waals surface area contributed by atoms with E-state index in [1.807, 2.05) is 36.4 Å². The molecule has 0 aliphatic carbocycles. The highest BCUT2D eigenvalue weighted by molar-refractivity contribution is 7.86. The van der Waals surface area contributed by atoms with Crippen LogP contribution in [0.15, 0.2) is 54.6 Å². The van der Waals surface area contributed by atoms with Gasteiger partial charge in [-0.1, -0.05) is 42.5 Å². The maximum absolute atomic E-state index is 11.2. The molecule has 0 aliphatic rings. The van der Waals surface area contributed by atoms with Crippen LogP contribution in [0.5, 0.6) is 5.75 Å². The Morgan fingerprint density at radius 1 is 0.842 bits per heavy atom. The highest BCUT2D eigenvalue weighted by atomic mass is 32.2. The van der Waals surface area contributed by atoms with Crippen molar-refractivity contribution in [3.8, 4) is 5.75 Å². The zero-order valence-electron chi connectivity index (χ0n) is 10.3. The SMILES string of the molecule is CS(=O)(=O)Oc1ccc2ccc3ccccc3c2c1. The maximum atomic E-state index is 11.2. The van der Waals surface area contributed by atoms with Gasteiger partial charge in [0.1, 0.15) is 5.75 Å². The van der Waals surface area contributed by atoms with Crippen LogP contribution in [-0.2, 0) is 10.1 Å². The van der Waals surface area contributed by atoms with E-state index in [4.69, 9.17) is 4.18 Å². The van der Waals surface area contributed by atoms with Gasteiger partial charge in [0.25, 0.3) is 0 Å². The van der Waals surface area contributed by atoms with E-state index < -0.39 is 10.1 Å². The zero-order chi connectivity index (χ0) is 13.5. The molecular weight excluding hydrogens is 260 g/mol. The van der Waals surface area contributed by atoms with Crippen molar-refractivity contribution >= 4 is 31.7 Å². The van der Waals surface area contributed by atoms with E-state index in [0.29, 0.717) is 5.75 Å². The molecule has 0 radical (unpaired) electrons. The topological polar surface area (TPSA) is 43.4 Å². The summed E-state index contributed by atoms with van der Waals surface area (Å²) in [6, 6.07) is 17.3. The summed E-state index contributed by atoms with van der Waals surface area (Å²) >= 11 is 0. The van der Waals surface area contributed by atoms with E-state index >= 15 is 0 Å². The Morgan fingerprint density at radius 3 is 2.21 bits per heavy atom. The lowest BCUT2D eigenvalue weighted by atomic mass is 10.0. The number of benzene rings is 3. The molecular formula is C15H12O3S. The molecule has 3 nitrogen and oxygen atoms in total. The molecule has 4 heteroatoms. The summed E-state index contributed by atoms with van der Waals surface area (Å²) in [6.07, 6.45) is 1.04. The van der Waals surface area contributed by atoms with Gasteiger partial charge >= 0.3 is 10.1 Å². The van der Waals surface area contributed by atoms with Gasteiger partial charge in [-0.25, -0.2) is 0 Å². The smallest absolute Gasteiger partial charge is 0.306 e. The quantitative estimate of drug-likeness (QED) is 0.531. The molecule has 0 unspecified atom stereocenters. The second-order valence-corrected chi connectivity index (χ2v) is 6.03. The number of fused-ring (bicyclic) bond motifs is 3. The summed E-state index contributed by atoms with van der Waals surface area (Å²) < 4.78 is 27.3. The van der Waals surface area contributed by atoms with Crippen molar-refractivity contribution in [1.82, 2.24) is 0 Å². The van der Waals surface area contributed by atoms with Crippen LogP contribution in [0.1, 0.15) is 0 Å². The summed E-state index contributed by atoms with van der Waals surface area (Å²) in [5.74, 6) is 0.339. The minimum atomic E-state index is -3.50. The van der Waals surface area contributed by atoms with Crippen molar-refractivity contribution in [1.29, 1.82) is 0 Å². The molecule has 0 heterocycles. The molecule has 3 aromatic rings. The normalized spacial score (nSPS) is 11.8. The predicted molar refractivity (Wildman–Crippen MR) is 76.9 cm³/mol. The molecule has 0 spiro atoms. The van der Waals surface area contributed by atoms with Crippen LogP contribution in [-0.4, -0.2) is 14.7 Å². The van der Waals surface area contributed by atoms with E-state index in [1.54, 1.807) is 12.1 Å². The van der Waals surface area contributed by atoms with Crippen molar-refractivity contribution in [2.75, 3.05) is 6.26 Å². The van der Waals surface area contributed by atoms with Gasteiger partial charge < -0.3 is 4.18 Å². The molecule has 0 fully saturated rings. The van der Waals surface area contributed by atoms with Crippen LogP contribution in [0.2, 0.25) is 0 Å². The average Bonchev–Trinajstić information content (AvgIpc) is 2.37. The van der Waals surface area contributed by atoms with Crippen molar-refractivity contribution < 1.29 is 12.6 Å². The standard InChI is InChI=1S/C15H12O3S/c1-19(16,17)18-13-9-8-12-7-6-11-4-2-3-5-14(11)15(12)10-13/h2-10H,1H3. The van der Waals surface area contributed by atoms with E-state index in [9.17, 15) is 8.42 Å². The Labute approximate surface area is 111 Å². The average molecular weight is 272 g/mol. The van der Waals surface area contributed by atoms with Gasteiger partial charge in [0.15, 0.2) is 0 Å². The summed E-state index contributed by atoms with van der Waals surface area (Å²) in [5, 5.41) is 4.24. The molecule has 0 N–H and O–H groups in total. The van der Waals surface area contributed by atoms with Gasteiger partial charge in [-0.05, 0) is 33.7 Å². The first-order chi connectivity index (χ1) is 9.03. The van der Waals surface area contributed by atoms with Gasteiger partial charge in [0.05, 0.1) is 6.26 Å². The van der Waals surface area contributed by atoms with E-state index in [1.165, 1.54) is 0 Å². The molecule has 0 saturated heterocycles. The van der Waals surface area contributed by atoms with Crippen molar-refractivity contribution in [3.05, 3.63) is 54.6 Å². The zero-order valence-corrected chi connectivity index (χ0v) is 11.1. The molecule has 96 valence electrons. The first kappa shape index (κ1) is 12.0. The Morgan fingerprint density at radius 2 is 1.47 bits per heavy atom. The van der Waals surface area contributed by atoms with E-state index in [0.717, 1.165) is 27.8 Å². The summed E-state index contributed by atoms with van der Waals surface area (Å²) in [7, 11) is -3.50. The number of hydrogen-bond donors (Lipinski definition) is 0. The Balaban J connectivity index is 2.28. The summed E-state index contributed by atoms with van der Waals surface area (Å²) in [6.45, 7) is 0. The third-order valence-electron chi connectivity index (χ3n) is 2.97. The van der Waals surface area contributed by atoms with Gasteiger partial charge in [-0.3, -0.25) is 0 Å². The molecule has 0 amide bonds. The van der Waals surface area contributed by atoms with Crippen LogP contribution in [0, 0.1) is 0 Å². The first-order valence-corrected chi connectivity index (χ1v) is 7.65. The fourth-order valence-electron chi connectivity index (χ4n) is 2.21. The second-order valence-electron chi connectivity index (χ2n) is 4.46. The minimum absolute atomic E-state index is 0.339. The summed E-state index contributed by atoms with van der Waals surface area (Å²) in [5.41, 5.74) is 0. The van der Waals surface area contributed by atoms with E-state index in [-0.39, 0.29) is 0 Å². The second kappa shape index (κ2) is 4.24. The predicted octanol–water partition coefficient (Wildman–Crippen LogP) is 3.33. The Hall–Kier alpha value is -2.07. The van der Waals surface area contributed by atoms with Gasteiger partial charge in [-0.2, -0.15) is 8.42 Å². The van der Waals surface area contributed by atoms with Crippen molar-refractivity contribution in [3.63, 3.8) is 0 Å². The van der Waals surface area contributed by atoms with Crippen LogP contribution < -0.4 is 4.18 Å². The molecule has 0 saturated carbocycles. The largest absolute Gasteiger partial charge is 0.383 e. The Kier molecular flexibility index (Phi) is 2.68. The van der Waals surface area contributed by atoms with Crippen LogP contribution in [0.25, 0.3) is 21.5 Å². The van der Waals surface area contributed by atoms with Crippen LogP contribution in [0.4, 0.5) is 0 Å². The third-order valence-corrected chi connectivity index (χ3v) is 3.46. The molecule has 19 heavy (non-hydrogen) atoms. The van der Waals surface area contributed by atoms with Gasteiger partial charge in [0, 0.05) is 0 Å². The third kappa shape index (κ3) is 2.39.